The number of nitrogens with zero attached hydrogens (tertiary/aromatic N) is 2. The van der Waals surface area contributed by atoms with Gasteiger partial charge in [0.15, 0.2) is 0 Å². The van der Waals surface area contributed by atoms with E-state index in [1.54, 1.807) is 4.90 Å². The van der Waals surface area contributed by atoms with Crippen molar-refractivity contribution in [1.29, 1.82) is 0 Å². The third-order valence-electron chi connectivity index (χ3n) is 4.15. The first-order valence-corrected chi connectivity index (χ1v) is 7.74. The number of hydrogen-bond donors (Lipinski definition) is 1. The summed E-state index contributed by atoms with van der Waals surface area (Å²) < 4.78 is 5.33. The van der Waals surface area contributed by atoms with Gasteiger partial charge in [-0.2, -0.15) is 0 Å². The number of likely N-dealkylation sites (tertiary alicyclic amines) is 1. The summed E-state index contributed by atoms with van der Waals surface area (Å²) in [6, 6.07) is 0.0285. The summed E-state index contributed by atoms with van der Waals surface area (Å²) in [4.78, 5) is 26.6. The number of amides is 2. The van der Waals surface area contributed by atoms with Crippen LogP contribution in [0, 0.1) is 5.92 Å². The van der Waals surface area contributed by atoms with Crippen LogP contribution in [0.5, 0.6) is 0 Å². The highest BCUT2D eigenvalue weighted by Gasteiger charge is 2.44. The highest BCUT2D eigenvalue weighted by atomic mass is 16.5. The fourth-order valence-corrected chi connectivity index (χ4v) is 2.62. The van der Waals surface area contributed by atoms with Gasteiger partial charge in [-0.3, -0.25) is 0 Å². The Morgan fingerprint density at radius 2 is 1.86 bits per heavy atom. The fourth-order valence-electron chi connectivity index (χ4n) is 2.62. The van der Waals surface area contributed by atoms with Gasteiger partial charge in [-0.05, 0) is 19.8 Å². The van der Waals surface area contributed by atoms with Crippen LogP contribution in [0.1, 0.15) is 40.5 Å². The molecular formula is C15H28N2O4. The van der Waals surface area contributed by atoms with Crippen molar-refractivity contribution in [3.63, 3.8) is 0 Å². The first kappa shape index (κ1) is 17.8. The van der Waals surface area contributed by atoms with Crippen molar-refractivity contribution >= 4 is 12.0 Å². The van der Waals surface area contributed by atoms with E-state index < -0.39 is 11.6 Å². The van der Waals surface area contributed by atoms with Gasteiger partial charge in [-0.15, -0.1) is 0 Å². The normalized spacial score (nSPS) is 16.7. The lowest BCUT2D eigenvalue weighted by molar-refractivity contribution is -0.160. The first-order chi connectivity index (χ1) is 9.85. The van der Waals surface area contributed by atoms with Gasteiger partial charge in [0.05, 0.1) is 13.1 Å². The molecule has 0 atom stereocenters. The molecule has 0 radical (unpaired) electrons. The molecule has 1 fully saturated rings. The third-order valence-corrected chi connectivity index (χ3v) is 4.15. The topological polar surface area (TPSA) is 70.1 Å². The molecule has 21 heavy (non-hydrogen) atoms. The Kier molecular flexibility index (Phi) is 6.45. The molecule has 6 heteroatoms. The van der Waals surface area contributed by atoms with Crippen LogP contribution in [0.2, 0.25) is 0 Å². The lowest BCUT2D eigenvalue weighted by Gasteiger charge is -2.48. The van der Waals surface area contributed by atoms with Crippen molar-refractivity contribution in [2.45, 2.75) is 46.1 Å². The summed E-state index contributed by atoms with van der Waals surface area (Å²) in [5.41, 5.74) is -0.525. The van der Waals surface area contributed by atoms with Crippen molar-refractivity contribution in [3.8, 4) is 0 Å². The first-order valence-electron chi connectivity index (χ1n) is 7.74. The zero-order valence-corrected chi connectivity index (χ0v) is 13.6. The lowest BCUT2D eigenvalue weighted by atomic mass is 9.96. The van der Waals surface area contributed by atoms with Crippen LogP contribution in [0.15, 0.2) is 0 Å². The van der Waals surface area contributed by atoms with Gasteiger partial charge in [-0.25, -0.2) is 9.59 Å². The molecular weight excluding hydrogens is 272 g/mol. The van der Waals surface area contributed by atoms with E-state index in [0.717, 1.165) is 19.4 Å². The molecule has 1 heterocycles. The summed E-state index contributed by atoms with van der Waals surface area (Å²) in [5, 5.41) is 8.64. The maximum atomic E-state index is 12.4. The van der Waals surface area contributed by atoms with Crippen molar-refractivity contribution in [2.75, 3.05) is 32.8 Å². The molecule has 1 aliphatic heterocycles. The van der Waals surface area contributed by atoms with Crippen LogP contribution in [0.25, 0.3) is 0 Å². The predicted molar refractivity (Wildman–Crippen MR) is 80.3 cm³/mol. The number of carbonyl (C=O) groups excluding carboxylic acids is 1. The van der Waals surface area contributed by atoms with Crippen molar-refractivity contribution in [2.24, 2.45) is 5.92 Å². The van der Waals surface area contributed by atoms with E-state index in [4.69, 9.17) is 9.84 Å². The van der Waals surface area contributed by atoms with Crippen LogP contribution in [0.3, 0.4) is 0 Å². The van der Waals surface area contributed by atoms with E-state index in [-0.39, 0.29) is 12.6 Å². The van der Waals surface area contributed by atoms with E-state index in [1.807, 2.05) is 18.7 Å². The number of ether oxygens (including phenoxy) is 1. The molecule has 0 unspecified atom stereocenters. The molecule has 1 saturated heterocycles. The van der Waals surface area contributed by atoms with E-state index >= 15 is 0 Å². The second kappa shape index (κ2) is 7.64. The summed E-state index contributed by atoms with van der Waals surface area (Å²) >= 11 is 0. The second-order valence-corrected chi connectivity index (χ2v) is 5.99. The van der Waals surface area contributed by atoms with Gasteiger partial charge in [0.25, 0.3) is 0 Å². The number of aliphatic carboxylic acids is 1. The van der Waals surface area contributed by atoms with E-state index in [9.17, 15) is 9.59 Å². The lowest BCUT2D eigenvalue weighted by Crippen LogP contribution is -2.65. The second-order valence-electron chi connectivity index (χ2n) is 5.99. The van der Waals surface area contributed by atoms with E-state index in [0.29, 0.717) is 25.6 Å². The Balaban J connectivity index is 2.47. The Labute approximate surface area is 127 Å². The standard InChI is InChI=1S/C15H28N2O4/c1-5-12(6-2)8-16(7-3)14(20)17-10-15(4,11-17)21-9-13(18)19/h12H,5-11H2,1-4H3,(H,18,19). The van der Waals surface area contributed by atoms with Crippen LogP contribution >= 0.6 is 0 Å². The van der Waals surface area contributed by atoms with Crippen molar-refractivity contribution in [1.82, 2.24) is 9.80 Å². The quantitative estimate of drug-likeness (QED) is 0.744. The largest absolute Gasteiger partial charge is 0.480 e. The molecule has 0 spiro atoms. The van der Waals surface area contributed by atoms with Crippen molar-refractivity contribution in [3.05, 3.63) is 0 Å². The SMILES string of the molecule is CCC(CC)CN(CC)C(=O)N1CC(C)(OCC(=O)O)C1. The van der Waals surface area contributed by atoms with E-state index in [1.165, 1.54) is 0 Å². The van der Waals surface area contributed by atoms with Gasteiger partial charge >= 0.3 is 12.0 Å². The molecule has 6 nitrogen and oxygen atoms in total. The average Bonchev–Trinajstić information content (AvgIpc) is 2.43. The fraction of sp³-hybridized carbons (Fsp3) is 0.867. The zero-order chi connectivity index (χ0) is 16.0. The van der Waals surface area contributed by atoms with Crippen LogP contribution in [-0.2, 0) is 9.53 Å². The molecule has 0 aromatic heterocycles. The molecule has 122 valence electrons. The van der Waals surface area contributed by atoms with Gasteiger partial charge < -0.3 is 19.6 Å². The molecule has 1 N–H and O–H groups in total. The van der Waals surface area contributed by atoms with Gasteiger partial charge in [0.1, 0.15) is 12.2 Å². The molecule has 0 bridgehead atoms. The summed E-state index contributed by atoms with van der Waals surface area (Å²) in [5.74, 6) is -0.449. The molecule has 0 aliphatic carbocycles. The minimum atomic E-state index is -0.982. The Morgan fingerprint density at radius 1 is 1.29 bits per heavy atom. The summed E-state index contributed by atoms with van der Waals surface area (Å²) in [6.45, 7) is 10.2. The number of carboxylic acids is 1. The maximum absolute atomic E-state index is 12.4. The Hall–Kier alpha value is -1.30. The molecule has 0 saturated carbocycles. The number of carboxylic acid groups (broad SMARTS) is 1. The molecule has 1 aliphatic rings. The van der Waals surface area contributed by atoms with Crippen LogP contribution in [0.4, 0.5) is 4.79 Å². The maximum Gasteiger partial charge on any atom is 0.329 e. The van der Waals surface area contributed by atoms with Crippen LogP contribution in [-0.4, -0.2) is 65.3 Å². The number of hydrogen-bond acceptors (Lipinski definition) is 3. The molecule has 1 rings (SSSR count). The minimum Gasteiger partial charge on any atom is -0.480 e. The number of urea groups is 1. The Bertz CT molecular complexity index is 363. The van der Waals surface area contributed by atoms with Gasteiger partial charge in [-0.1, -0.05) is 26.7 Å². The van der Waals surface area contributed by atoms with Crippen LogP contribution < -0.4 is 0 Å². The third kappa shape index (κ3) is 4.88. The average molecular weight is 300 g/mol. The number of rotatable bonds is 8. The van der Waals surface area contributed by atoms with E-state index in [2.05, 4.69) is 13.8 Å². The molecule has 0 aromatic carbocycles. The van der Waals surface area contributed by atoms with Gasteiger partial charge in [0.2, 0.25) is 0 Å². The molecule has 0 aromatic rings. The summed E-state index contributed by atoms with van der Waals surface area (Å²) in [6.07, 6.45) is 2.14. The minimum absolute atomic E-state index is 0.0285. The monoisotopic (exact) mass is 300 g/mol. The highest BCUT2D eigenvalue weighted by molar-refractivity contribution is 5.75. The predicted octanol–water partition coefficient (Wildman–Crippen LogP) is 2.04. The van der Waals surface area contributed by atoms with Crippen molar-refractivity contribution < 1.29 is 19.4 Å². The number of carbonyl (C=O) groups is 2. The smallest absolute Gasteiger partial charge is 0.329 e. The van der Waals surface area contributed by atoms with Gasteiger partial charge in [0, 0.05) is 13.1 Å². The highest BCUT2D eigenvalue weighted by Crippen LogP contribution is 2.26. The summed E-state index contributed by atoms with van der Waals surface area (Å²) in [7, 11) is 0. The Morgan fingerprint density at radius 3 is 2.29 bits per heavy atom. The zero-order valence-electron chi connectivity index (χ0n) is 13.6. The molecule has 2 amide bonds.